The molecule has 0 unspecified atom stereocenters. The highest BCUT2D eigenvalue weighted by Crippen LogP contribution is 2.30. The van der Waals surface area contributed by atoms with Crippen LogP contribution in [0.4, 0.5) is 0 Å². The number of furan rings is 1. The van der Waals surface area contributed by atoms with Crippen LogP contribution in [-0.2, 0) is 19.4 Å². The highest BCUT2D eigenvalue weighted by molar-refractivity contribution is 5.57. The van der Waals surface area contributed by atoms with Gasteiger partial charge >= 0.3 is 0 Å². The van der Waals surface area contributed by atoms with Crippen LogP contribution in [-0.4, -0.2) is 16.1 Å². The summed E-state index contributed by atoms with van der Waals surface area (Å²) >= 11 is 0. The second kappa shape index (κ2) is 4.04. The molecular formula is C13H17N3O. The molecule has 17 heavy (non-hydrogen) atoms. The van der Waals surface area contributed by atoms with E-state index in [0.717, 1.165) is 42.4 Å². The summed E-state index contributed by atoms with van der Waals surface area (Å²) in [5.41, 5.74) is 7.95. The SMILES string of the molecule is Cc1ccc(-c2nc(CCN)n3c2CCC3)o1. The first-order chi connectivity index (χ1) is 8.29. The molecule has 0 amide bonds. The fraction of sp³-hybridized carbons (Fsp3) is 0.462. The minimum Gasteiger partial charge on any atom is -0.460 e. The van der Waals surface area contributed by atoms with E-state index in [-0.39, 0.29) is 0 Å². The first-order valence-corrected chi connectivity index (χ1v) is 6.14. The first-order valence-electron chi connectivity index (χ1n) is 6.14. The van der Waals surface area contributed by atoms with Crippen molar-refractivity contribution in [3.8, 4) is 11.5 Å². The van der Waals surface area contributed by atoms with Gasteiger partial charge in [0, 0.05) is 18.7 Å². The zero-order valence-corrected chi connectivity index (χ0v) is 10.1. The van der Waals surface area contributed by atoms with Crippen molar-refractivity contribution in [3.63, 3.8) is 0 Å². The third kappa shape index (κ3) is 1.69. The molecule has 0 spiro atoms. The molecule has 2 N–H and O–H groups in total. The molecule has 4 heteroatoms. The Morgan fingerprint density at radius 1 is 1.47 bits per heavy atom. The van der Waals surface area contributed by atoms with Crippen LogP contribution in [0.1, 0.15) is 23.7 Å². The van der Waals surface area contributed by atoms with Gasteiger partial charge in [-0.25, -0.2) is 4.98 Å². The normalized spacial score (nSPS) is 14.2. The molecule has 0 aliphatic carbocycles. The number of aryl methyl sites for hydroxylation is 1. The minimum atomic E-state index is 0.646. The van der Waals surface area contributed by atoms with Crippen LogP contribution in [0.2, 0.25) is 0 Å². The molecule has 3 rings (SSSR count). The number of aromatic nitrogens is 2. The lowest BCUT2D eigenvalue weighted by molar-refractivity contribution is 0.546. The van der Waals surface area contributed by atoms with Gasteiger partial charge in [0.2, 0.25) is 0 Å². The number of nitrogens with two attached hydrogens (primary N) is 1. The third-order valence-corrected chi connectivity index (χ3v) is 3.29. The van der Waals surface area contributed by atoms with E-state index in [0.29, 0.717) is 6.54 Å². The Morgan fingerprint density at radius 3 is 3.06 bits per heavy atom. The molecule has 0 saturated carbocycles. The Morgan fingerprint density at radius 2 is 2.35 bits per heavy atom. The molecule has 0 bridgehead atoms. The maximum Gasteiger partial charge on any atom is 0.154 e. The molecule has 0 atom stereocenters. The van der Waals surface area contributed by atoms with E-state index in [2.05, 4.69) is 4.57 Å². The molecule has 0 saturated heterocycles. The van der Waals surface area contributed by atoms with Crippen LogP contribution in [0.3, 0.4) is 0 Å². The summed E-state index contributed by atoms with van der Waals surface area (Å²) in [4.78, 5) is 4.69. The van der Waals surface area contributed by atoms with Gasteiger partial charge in [0.25, 0.3) is 0 Å². The van der Waals surface area contributed by atoms with Crippen molar-refractivity contribution >= 4 is 0 Å². The average molecular weight is 231 g/mol. The number of fused-ring (bicyclic) bond motifs is 1. The van der Waals surface area contributed by atoms with E-state index in [1.54, 1.807) is 0 Å². The van der Waals surface area contributed by atoms with Crippen LogP contribution < -0.4 is 5.73 Å². The van der Waals surface area contributed by atoms with Gasteiger partial charge in [-0.3, -0.25) is 0 Å². The molecule has 2 aromatic heterocycles. The summed E-state index contributed by atoms with van der Waals surface area (Å²) < 4.78 is 7.98. The number of imidazole rings is 1. The Bertz CT molecular complexity index is 539. The Balaban J connectivity index is 2.08. The van der Waals surface area contributed by atoms with Gasteiger partial charge in [-0.2, -0.15) is 0 Å². The Hall–Kier alpha value is -1.55. The van der Waals surface area contributed by atoms with Crippen molar-refractivity contribution in [2.24, 2.45) is 5.73 Å². The van der Waals surface area contributed by atoms with Crippen LogP contribution in [0.15, 0.2) is 16.5 Å². The molecular weight excluding hydrogens is 214 g/mol. The highest BCUT2D eigenvalue weighted by atomic mass is 16.3. The summed E-state index contributed by atoms with van der Waals surface area (Å²) in [6.45, 7) is 3.67. The lowest BCUT2D eigenvalue weighted by Gasteiger charge is -2.00. The molecule has 3 heterocycles. The monoisotopic (exact) mass is 231 g/mol. The maximum absolute atomic E-state index is 5.68. The van der Waals surface area contributed by atoms with Crippen molar-refractivity contribution in [1.29, 1.82) is 0 Å². The van der Waals surface area contributed by atoms with Crippen LogP contribution in [0.25, 0.3) is 11.5 Å². The topological polar surface area (TPSA) is 57.0 Å². The van der Waals surface area contributed by atoms with E-state index in [1.807, 2.05) is 19.1 Å². The summed E-state index contributed by atoms with van der Waals surface area (Å²) in [5, 5.41) is 0. The lowest BCUT2D eigenvalue weighted by Crippen LogP contribution is -2.08. The predicted octanol–water partition coefficient (Wildman–Crippen LogP) is 1.90. The van der Waals surface area contributed by atoms with Gasteiger partial charge in [0.1, 0.15) is 17.3 Å². The zero-order valence-electron chi connectivity index (χ0n) is 10.1. The van der Waals surface area contributed by atoms with Crippen LogP contribution in [0.5, 0.6) is 0 Å². The number of nitrogens with zero attached hydrogens (tertiary/aromatic N) is 2. The largest absolute Gasteiger partial charge is 0.460 e. The van der Waals surface area contributed by atoms with Crippen molar-refractivity contribution < 1.29 is 4.42 Å². The van der Waals surface area contributed by atoms with Crippen LogP contribution >= 0.6 is 0 Å². The van der Waals surface area contributed by atoms with Crippen LogP contribution in [0, 0.1) is 6.92 Å². The second-order valence-corrected chi connectivity index (χ2v) is 4.53. The van der Waals surface area contributed by atoms with Crippen molar-refractivity contribution in [1.82, 2.24) is 9.55 Å². The molecule has 0 aromatic carbocycles. The zero-order chi connectivity index (χ0) is 11.8. The molecule has 90 valence electrons. The van der Waals surface area contributed by atoms with Crippen molar-refractivity contribution in [2.75, 3.05) is 6.54 Å². The van der Waals surface area contributed by atoms with E-state index < -0.39 is 0 Å². The number of rotatable bonds is 3. The van der Waals surface area contributed by atoms with E-state index in [1.165, 1.54) is 12.1 Å². The average Bonchev–Trinajstić information content (AvgIpc) is 2.96. The van der Waals surface area contributed by atoms with Crippen molar-refractivity contribution in [2.45, 2.75) is 32.7 Å². The maximum atomic E-state index is 5.68. The predicted molar refractivity (Wildman–Crippen MR) is 65.7 cm³/mol. The fourth-order valence-corrected chi connectivity index (χ4v) is 2.54. The number of hydrogen-bond donors (Lipinski definition) is 1. The summed E-state index contributed by atoms with van der Waals surface area (Å²) in [6, 6.07) is 3.99. The standard InChI is InChI=1S/C13H17N3O/c1-9-4-5-11(17-9)13-10-3-2-8-16(10)12(15-13)6-7-14/h4-5H,2-3,6-8,14H2,1H3. The van der Waals surface area contributed by atoms with E-state index in [4.69, 9.17) is 15.1 Å². The Kier molecular flexibility index (Phi) is 2.52. The van der Waals surface area contributed by atoms with Gasteiger partial charge in [-0.15, -0.1) is 0 Å². The quantitative estimate of drug-likeness (QED) is 0.877. The molecule has 1 aliphatic heterocycles. The van der Waals surface area contributed by atoms with Crippen molar-refractivity contribution in [3.05, 3.63) is 29.4 Å². The smallest absolute Gasteiger partial charge is 0.154 e. The van der Waals surface area contributed by atoms with Gasteiger partial charge < -0.3 is 14.7 Å². The Labute approximate surface area is 100 Å². The summed E-state index contributed by atoms with van der Waals surface area (Å²) in [6.07, 6.45) is 3.13. The number of hydrogen-bond acceptors (Lipinski definition) is 3. The third-order valence-electron chi connectivity index (χ3n) is 3.29. The second-order valence-electron chi connectivity index (χ2n) is 4.53. The molecule has 0 fully saturated rings. The molecule has 2 aromatic rings. The molecule has 4 nitrogen and oxygen atoms in total. The molecule has 1 aliphatic rings. The first kappa shape index (κ1) is 10.6. The van der Waals surface area contributed by atoms with Gasteiger partial charge in [-0.1, -0.05) is 0 Å². The van der Waals surface area contributed by atoms with E-state index >= 15 is 0 Å². The van der Waals surface area contributed by atoms with E-state index in [9.17, 15) is 0 Å². The summed E-state index contributed by atoms with van der Waals surface area (Å²) in [5.74, 6) is 2.92. The summed E-state index contributed by atoms with van der Waals surface area (Å²) in [7, 11) is 0. The minimum absolute atomic E-state index is 0.646. The van der Waals surface area contributed by atoms with Gasteiger partial charge in [0.15, 0.2) is 5.76 Å². The highest BCUT2D eigenvalue weighted by Gasteiger charge is 2.23. The lowest BCUT2D eigenvalue weighted by atomic mass is 10.2. The van der Waals surface area contributed by atoms with Gasteiger partial charge in [0.05, 0.1) is 0 Å². The molecule has 0 radical (unpaired) electrons. The fourth-order valence-electron chi connectivity index (χ4n) is 2.54. The van der Waals surface area contributed by atoms with Gasteiger partial charge in [-0.05, 0) is 38.4 Å².